The maximum Gasteiger partial charge on any atom is 0.240 e. The lowest BCUT2D eigenvalue weighted by Gasteiger charge is -2.22. The lowest BCUT2D eigenvalue weighted by Crippen LogP contribution is -2.36. The van der Waals surface area contributed by atoms with Crippen LogP contribution in [0.5, 0.6) is 0 Å². The highest BCUT2D eigenvalue weighted by Crippen LogP contribution is 2.39. The molecule has 1 aliphatic carbocycles. The van der Waals surface area contributed by atoms with Gasteiger partial charge in [-0.3, -0.25) is 4.79 Å². The van der Waals surface area contributed by atoms with E-state index in [1.54, 1.807) is 18.2 Å². The Morgan fingerprint density at radius 2 is 1.86 bits per heavy atom. The van der Waals surface area contributed by atoms with Crippen molar-refractivity contribution in [2.45, 2.75) is 50.5 Å². The number of nitrogens with zero attached hydrogens (tertiary/aromatic N) is 1. The number of carbonyl (C=O) groups is 1. The number of amides is 1. The van der Waals surface area contributed by atoms with Gasteiger partial charge in [-0.2, -0.15) is 0 Å². The van der Waals surface area contributed by atoms with Crippen LogP contribution >= 0.6 is 0 Å². The molecule has 1 heterocycles. The fraction of sp³-hybridized carbons (Fsp3) is 0.409. The lowest BCUT2D eigenvalue weighted by molar-refractivity contribution is -0.120. The summed E-state index contributed by atoms with van der Waals surface area (Å²) >= 11 is 0. The number of benzene rings is 2. The molecule has 6 heteroatoms. The van der Waals surface area contributed by atoms with E-state index >= 15 is 0 Å². The number of anilines is 1. The summed E-state index contributed by atoms with van der Waals surface area (Å²) in [6.45, 7) is 4.40. The first kappa shape index (κ1) is 19.2. The SMILES string of the molecule is Cc1ccc(CCNS(=O)(=O)c2ccc3c(c2)C[C@@H](C)N3C(=O)C2CC2)cc1. The third-order valence-electron chi connectivity index (χ3n) is 5.57. The zero-order valence-electron chi connectivity index (χ0n) is 16.3. The summed E-state index contributed by atoms with van der Waals surface area (Å²) in [5.41, 5.74) is 4.09. The number of sulfonamides is 1. The minimum atomic E-state index is -3.57. The van der Waals surface area contributed by atoms with Crippen LogP contribution in [-0.4, -0.2) is 26.9 Å². The van der Waals surface area contributed by atoms with Gasteiger partial charge in [0.1, 0.15) is 0 Å². The molecule has 5 nitrogen and oxygen atoms in total. The molecule has 1 saturated carbocycles. The molecule has 0 spiro atoms. The van der Waals surface area contributed by atoms with Gasteiger partial charge in [0.15, 0.2) is 0 Å². The van der Waals surface area contributed by atoms with Crippen molar-refractivity contribution in [1.82, 2.24) is 4.72 Å². The van der Waals surface area contributed by atoms with E-state index in [4.69, 9.17) is 0 Å². The fourth-order valence-electron chi connectivity index (χ4n) is 3.81. The molecule has 1 amide bonds. The zero-order valence-corrected chi connectivity index (χ0v) is 17.1. The Balaban J connectivity index is 1.46. The van der Waals surface area contributed by atoms with Gasteiger partial charge in [-0.25, -0.2) is 13.1 Å². The van der Waals surface area contributed by atoms with Crippen LogP contribution in [0.15, 0.2) is 47.4 Å². The Hall–Kier alpha value is -2.18. The molecule has 1 N–H and O–H groups in total. The molecule has 0 aromatic heterocycles. The van der Waals surface area contributed by atoms with Gasteiger partial charge in [0, 0.05) is 24.2 Å². The van der Waals surface area contributed by atoms with Crippen LogP contribution < -0.4 is 9.62 Å². The molecule has 2 aromatic rings. The highest BCUT2D eigenvalue weighted by molar-refractivity contribution is 7.89. The van der Waals surface area contributed by atoms with Gasteiger partial charge >= 0.3 is 0 Å². The van der Waals surface area contributed by atoms with Crippen molar-refractivity contribution in [2.24, 2.45) is 5.92 Å². The molecule has 2 aromatic carbocycles. The van der Waals surface area contributed by atoms with Crippen LogP contribution in [0.25, 0.3) is 0 Å². The first-order valence-corrected chi connectivity index (χ1v) is 11.3. The van der Waals surface area contributed by atoms with Gasteiger partial charge in [0.25, 0.3) is 0 Å². The highest BCUT2D eigenvalue weighted by atomic mass is 32.2. The van der Waals surface area contributed by atoms with E-state index < -0.39 is 10.0 Å². The Morgan fingerprint density at radius 3 is 2.54 bits per heavy atom. The van der Waals surface area contributed by atoms with Crippen LogP contribution in [0.1, 0.15) is 36.5 Å². The Labute approximate surface area is 166 Å². The third-order valence-corrected chi connectivity index (χ3v) is 7.03. The normalized spacial score (nSPS) is 18.9. The van der Waals surface area contributed by atoms with Crippen LogP contribution in [0.4, 0.5) is 5.69 Å². The van der Waals surface area contributed by atoms with Gasteiger partial charge in [-0.05, 0) is 68.9 Å². The molecule has 1 aliphatic heterocycles. The van der Waals surface area contributed by atoms with E-state index in [9.17, 15) is 13.2 Å². The summed E-state index contributed by atoms with van der Waals surface area (Å²) in [5.74, 6) is 0.332. The molecule has 28 heavy (non-hydrogen) atoms. The average Bonchev–Trinajstić information content (AvgIpc) is 3.45. The summed E-state index contributed by atoms with van der Waals surface area (Å²) in [7, 11) is -3.57. The minimum Gasteiger partial charge on any atom is -0.309 e. The molecule has 1 atom stereocenters. The van der Waals surface area contributed by atoms with E-state index in [-0.39, 0.29) is 22.8 Å². The summed E-state index contributed by atoms with van der Waals surface area (Å²) < 4.78 is 28.1. The Morgan fingerprint density at radius 1 is 1.14 bits per heavy atom. The number of hydrogen-bond donors (Lipinski definition) is 1. The van der Waals surface area contributed by atoms with E-state index in [2.05, 4.69) is 4.72 Å². The molecular weight excluding hydrogens is 372 g/mol. The van der Waals surface area contributed by atoms with Crippen molar-refractivity contribution in [1.29, 1.82) is 0 Å². The summed E-state index contributed by atoms with van der Waals surface area (Å²) in [6, 6.07) is 13.3. The summed E-state index contributed by atoms with van der Waals surface area (Å²) in [5, 5.41) is 0. The van der Waals surface area contributed by atoms with Crippen molar-refractivity contribution in [3.8, 4) is 0 Å². The van der Waals surface area contributed by atoms with Gasteiger partial charge in [-0.1, -0.05) is 29.8 Å². The highest BCUT2D eigenvalue weighted by Gasteiger charge is 2.39. The minimum absolute atomic E-state index is 0.0792. The first-order chi connectivity index (χ1) is 13.3. The number of nitrogens with one attached hydrogen (secondary N) is 1. The summed E-state index contributed by atoms with van der Waals surface area (Å²) in [6.07, 6.45) is 3.27. The quantitative estimate of drug-likeness (QED) is 0.813. The number of carbonyl (C=O) groups excluding carboxylic acids is 1. The zero-order chi connectivity index (χ0) is 19.9. The predicted molar refractivity (Wildman–Crippen MR) is 110 cm³/mol. The van der Waals surface area contributed by atoms with Gasteiger partial charge in [0.05, 0.1) is 4.90 Å². The van der Waals surface area contributed by atoms with Crippen molar-refractivity contribution in [3.05, 3.63) is 59.2 Å². The second-order valence-electron chi connectivity index (χ2n) is 7.96. The predicted octanol–water partition coefficient (Wildman–Crippen LogP) is 3.20. The van der Waals surface area contributed by atoms with Crippen LogP contribution in [0, 0.1) is 12.8 Å². The second kappa shape index (κ2) is 7.33. The van der Waals surface area contributed by atoms with Crippen molar-refractivity contribution in [3.63, 3.8) is 0 Å². The number of rotatable bonds is 6. The molecule has 1 fully saturated rings. The molecule has 0 radical (unpaired) electrons. The van der Waals surface area contributed by atoms with Crippen LogP contribution in [0.3, 0.4) is 0 Å². The van der Waals surface area contributed by atoms with Crippen molar-refractivity contribution >= 4 is 21.6 Å². The van der Waals surface area contributed by atoms with Crippen LogP contribution in [-0.2, 0) is 27.7 Å². The van der Waals surface area contributed by atoms with Crippen molar-refractivity contribution < 1.29 is 13.2 Å². The van der Waals surface area contributed by atoms with Gasteiger partial charge in [-0.15, -0.1) is 0 Å². The van der Waals surface area contributed by atoms with E-state index in [1.807, 2.05) is 43.0 Å². The smallest absolute Gasteiger partial charge is 0.240 e. The average molecular weight is 399 g/mol. The van der Waals surface area contributed by atoms with Gasteiger partial charge in [0.2, 0.25) is 15.9 Å². The molecule has 0 unspecified atom stereocenters. The molecule has 0 bridgehead atoms. The van der Waals surface area contributed by atoms with Crippen LogP contribution in [0.2, 0.25) is 0 Å². The topological polar surface area (TPSA) is 66.5 Å². The molecule has 0 saturated heterocycles. The standard InChI is InChI=1S/C22H26N2O3S/c1-15-3-5-17(6-4-15)11-12-23-28(26,27)20-9-10-21-19(14-20)13-16(2)24(21)22(25)18-7-8-18/h3-6,9-10,14,16,18,23H,7-8,11-13H2,1-2H3/t16-/m1/s1. The maximum absolute atomic E-state index is 12.7. The second-order valence-corrected chi connectivity index (χ2v) is 9.73. The number of hydrogen-bond acceptors (Lipinski definition) is 3. The lowest BCUT2D eigenvalue weighted by atomic mass is 10.1. The van der Waals surface area contributed by atoms with E-state index in [0.29, 0.717) is 19.4 Å². The number of fused-ring (bicyclic) bond motifs is 1. The third kappa shape index (κ3) is 3.84. The Kier molecular flexibility index (Phi) is 5.02. The summed E-state index contributed by atoms with van der Waals surface area (Å²) in [4.78, 5) is 14.7. The monoisotopic (exact) mass is 398 g/mol. The largest absolute Gasteiger partial charge is 0.309 e. The first-order valence-electron chi connectivity index (χ1n) is 9.86. The fourth-order valence-corrected chi connectivity index (χ4v) is 4.89. The maximum atomic E-state index is 12.7. The number of aryl methyl sites for hydroxylation is 1. The van der Waals surface area contributed by atoms with Crippen molar-refractivity contribution in [2.75, 3.05) is 11.4 Å². The van der Waals surface area contributed by atoms with Gasteiger partial charge < -0.3 is 4.90 Å². The molecule has 148 valence electrons. The molecule has 4 rings (SSSR count). The Bertz CT molecular complexity index is 995. The van der Waals surface area contributed by atoms with E-state index in [0.717, 1.165) is 29.7 Å². The molecule has 2 aliphatic rings. The van der Waals surface area contributed by atoms with E-state index in [1.165, 1.54) is 5.56 Å². The molecular formula is C22H26N2O3S.